The summed E-state index contributed by atoms with van der Waals surface area (Å²) in [6.45, 7) is 0. The number of benzene rings is 4. The van der Waals surface area contributed by atoms with Crippen molar-refractivity contribution in [2.75, 3.05) is 0 Å². The molecule has 0 radical (unpaired) electrons. The molecule has 7 aliphatic carbocycles. The van der Waals surface area contributed by atoms with Crippen LogP contribution in [0.4, 0.5) is 0 Å². The molecule has 0 saturated carbocycles. The Kier molecular flexibility index (Phi) is 4.23. The Balaban J connectivity index is 1.61. The van der Waals surface area contributed by atoms with Gasteiger partial charge in [-0.05, 0) is 44.5 Å². The number of hydrogen-bond donors (Lipinski definition) is 0. The van der Waals surface area contributed by atoms with Crippen molar-refractivity contribution in [3.05, 3.63) is 119 Å². The highest BCUT2D eigenvalue weighted by Gasteiger charge is 2.00. The maximum absolute atomic E-state index is 2.19. The number of hydrogen-bond acceptors (Lipinski definition) is 0. The van der Waals surface area contributed by atoms with E-state index in [-0.39, 0.29) is 0 Å². The van der Waals surface area contributed by atoms with Gasteiger partial charge >= 0.3 is 0 Å². The van der Waals surface area contributed by atoms with Crippen molar-refractivity contribution >= 4 is 24.3 Å². The Morgan fingerprint density at radius 2 is 0.393 bits per heavy atom. The van der Waals surface area contributed by atoms with Gasteiger partial charge in [-0.1, -0.05) is 121 Å². The monoisotopic (exact) mass is 356 g/mol. The summed E-state index contributed by atoms with van der Waals surface area (Å²) in [4.78, 5) is 0. The van der Waals surface area contributed by atoms with E-state index in [1.165, 1.54) is 44.5 Å². The molecule has 0 fully saturated rings. The molecule has 28 heavy (non-hydrogen) atoms. The topological polar surface area (TPSA) is 0 Å². The van der Waals surface area contributed by atoms with Gasteiger partial charge in [0.25, 0.3) is 0 Å². The van der Waals surface area contributed by atoms with Crippen LogP contribution in [0, 0.1) is 0 Å². The van der Waals surface area contributed by atoms with Gasteiger partial charge in [0, 0.05) is 0 Å². The fourth-order valence-corrected chi connectivity index (χ4v) is 3.53. The van der Waals surface area contributed by atoms with Crippen LogP contribution in [0.5, 0.6) is 0 Å². The Morgan fingerprint density at radius 3 is 0.571 bits per heavy atom. The van der Waals surface area contributed by atoms with Crippen LogP contribution in [0.2, 0.25) is 0 Å². The first-order valence-electron chi connectivity index (χ1n) is 9.61. The lowest BCUT2D eigenvalue weighted by Crippen LogP contribution is -1.82. The molecule has 4 aromatic rings. The number of rotatable bonds is 0. The molecule has 0 amide bonds. The van der Waals surface area contributed by atoms with Crippen molar-refractivity contribution in [3.8, 4) is 22.3 Å². The smallest absolute Gasteiger partial charge is 0.0184 e. The molecule has 0 aromatic heterocycles. The molecule has 0 heterocycles. The quantitative estimate of drug-likeness (QED) is 0.267. The van der Waals surface area contributed by atoms with Crippen LogP contribution in [0.3, 0.4) is 0 Å². The Morgan fingerprint density at radius 1 is 0.214 bits per heavy atom. The average molecular weight is 356 g/mol. The summed E-state index contributed by atoms with van der Waals surface area (Å²) in [5.74, 6) is 0. The van der Waals surface area contributed by atoms with Crippen LogP contribution in [0.25, 0.3) is 46.6 Å². The van der Waals surface area contributed by atoms with Crippen LogP contribution in [-0.4, -0.2) is 0 Å². The lowest BCUT2D eigenvalue weighted by atomic mass is 10.00. The summed E-state index contributed by atoms with van der Waals surface area (Å²) in [6, 6.07) is 34.9. The second-order valence-corrected chi connectivity index (χ2v) is 7.15. The van der Waals surface area contributed by atoms with Gasteiger partial charge in [0.15, 0.2) is 0 Å². The van der Waals surface area contributed by atoms with Crippen LogP contribution >= 0.6 is 0 Å². The van der Waals surface area contributed by atoms with Crippen molar-refractivity contribution < 1.29 is 0 Å². The molecule has 4 aromatic carbocycles. The summed E-state index contributed by atoms with van der Waals surface area (Å²) < 4.78 is 0. The van der Waals surface area contributed by atoms with Crippen LogP contribution < -0.4 is 0 Å². The molecular weight excluding hydrogens is 336 g/mol. The van der Waals surface area contributed by atoms with Gasteiger partial charge in [0.2, 0.25) is 0 Å². The van der Waals surface area contributed by atoms with Crippen LogP contribution in [0.1, 0.15) is 22.3 Å². The van der Waals surface area contributed by atoms with Crippen molar-refractivity contribution in [2.24, 2.45) is 0 Å². The van der Waals surface area contributed by atoms with Crippen LogP contribution in [-0.2, 0) is 0 Å². The lowest BCUT2D eigenvalue weighted by Gasteiger charge is -2.05. The van der Waals surface area contributed by atoms with E-state index in [2.05, 4.69) is 121 Å². The van der Waals surface area contributed by atoms with E-state index in [1.54, 1.807) is 0 Å². The second kappa shape index (κ2) is 7.17. The van der Waals surface area contributed by atoms with Crippen LogP contribution in [0.15, 0.2) is 97.1 Å². The van der Waals surface area contributed by atoms with E-state index in [1.807, 2.05) is 0 Å². The van der Waals surface area contributed by atoms with E-state index in [9.17, 15) is 0 Å². The lowest BCUT2D eigenvalue weighted by molar-refractivity contribution is 1.57. The predicted octanol–water partition coefficient (Wildman–Crippen LogP) is 7.67. The third-order valence-corrected chi connectivity index (χ3v) is 5.25. The molecule has 0 nitrogen and oxygen atoms in total. The first-order chi connectivity index (χ1) is 13.8. The summed E-state index contributed by atoms with van der Waals surface area (Å²) >= 11 is 0. The van der Waals surface area contributed by atoms with Crippen molar-refractivity contribution in [1.82, 2.24) is 0 Å². The average Bonchev–Trinajstić information content (AvgIpc) is 2.77. The summed E-state index contributed by atoms with van der Waals surface area (Å²) in [5.41, 5.74) is 9.78. The molecule has 0 N–H and O–H groups in total. The molecule has 0 heteroatoms. The molecule has 11 rings (SSSR count). The highest BCUT2D eigenvalue weighted by Crippen LogP contribution is 2.24. The maximum Gasteiger partial charge on any atom is -0.0184 e. The zero-order chi connectivity index (χ0) is 18.8. The summed E-state index contributed by atoms with van der Waals surface area (Å²) in [6.07, 6.45) is 8.67. The largest absolute Gasteiger partial charge is 0.0544 e. The molecule has 0 saturated heterocycles. The first-order valence-corrected chi connectivity index (χ1v) is 9.61. The third kappa shape index (κ3) is 3.45. The molecule has 132 valence electrons. The third-order valence-electron chi connectivity index (χ3n) is 5.25. The van der Waals surface area contributed by atoms with Gasteiger partial charge in [-0.15, -0.1) is 0 Å². The van der Waals surface area contributed by atoms with Gasteiger partial charge in [-0.25, -0.2) is 0 Å². The summed E-state index contributed by atoms with van der Waals surface area (Å²) in [7, 11) is 0. The van der Waals surface area contributed by atoms with E-state index in [0.717, 1.165) is 0 Å². The zero-order valence-electron chi connectivity index (χ0n) is 15.5. The van der Waals surface area contributed by atoms with Gasteiger partial charge in [-0.3, -0.25) is 0 Å². The van der Waals surface area contributed by atoms with Gasteiger partial charge in [0.05, 0.1) is 0 Å². The highest BCUT2D eigenvalue weighted by atomic mass is 14.0. The minimum Gasteiger partial charge on any atom is -0.0544 e. The van der Waals surface area contributed by atoms with E-state index >= 15 is 0 Å². The molecule has 7 aliphatic rings. The molecule has 0 spiro atoms. The van der Waals surface area contributed by atoms with Crippen molar-refractivity contribution in [2.45, 2.75) is 0 Å². The van der Waals surface area contributed by atoms with Gasteiger partial charge in [0.1, 0.15) is 0 Å². The van der Waals surface area contributed by atoms with E-state index < -0.39 is 0 Å². The molecule has 8 bridgehead atoms. The minimum atomic E-state index is 1.21. The highest BCUT2D eigenvalue weighted by molar-refractivity contribution is 5.76. The maximum atomic E-state index is 2.19. The SMILES string of the molecule is C1=C\c2ccc(cc2)-c2ccc(cc2)/C=C\c2ccc(cc2)-c2ccc/1cc2. The normalized spacial score (nSPS) is 14.3. The molecule has 0 unspecified atom stereocenters. The first kappa shape index (κ1) is 16.5. The fourth-order valence-electron chi connectivity index (χ4n) is 3.53. The Hall–Kier alpha value is -3.64. The summed E-state index contributed by atoms with van der Waals surface area (Å²) in [5, 5.41) is 0. The van der Waals surface area contributed by atoms with E-state index in [0.29, 0.717) is 0 Å². The second-order valence-electron chi connectivity index (χ2n) is 7.15. The minimum absolute atomic E-state index is 1.21. The fraction of sp³-hybridized carbons (Fsp3) is 0. The zero-order valence-corrected chi connectivity index (χ0v) is 15.5. The predicted molar refractivity (Wildman–Crippen MR) is 122 cm³/mol. The molecule has 0 aliphatic heterocycles. The van der Waals surface area contributed by atoms with Gasteiger partial charge in [-0.2, -0.15) is 0 Å². The van der Waals surface area contributed by atoms with E-state index in [4.69, 9.17) is 0 Å². The Bertz CT molecular complexity index is 947. The standard InChI is InChI=1S/C28H20/c1-2-22-7-15-26(16-8-22)28-19-11-24(12-20-28)4-3-23-9-17-27(18-10-23)25-13-5-21(1)6-14-25/h1-20H/b2-1-,4-3-,21-1?,22-2?,23-3?,24-4?,27-25?,28-26?. The Labute approximate surface area is 166 Å². The van der Waals surface area contributed by atoms with Crippen molar-refractivity contribution in [3.63, 3.8) is 0 Å². The molecular formula is C28H20. The van der Waals surface area contributed by atoms with Crippen molar-refractivity contribution in [1.29, 1.82) is 0 Å². The molecule has 0 atom stereocenters. The van der Waals surface area contributed by atoms with Gasteiger partial charge < -0.3 is 0 Å².